The summed E-state index contributed by atoms with van der Waals surface area (Å²) >= 11 is 0. The van der Waals surface area contributed by atoms with E-state index in [-0.39, 0.29) is 10.7 Å². The number of hydrogen-bond acceptors (Lipinski definition) is 4. The molecule has 74 valence electrons. The van der Waals surface area contributed by atoms with Crippen LogP contribution in [0.4, 0.5) is 5.82 Å². The van der Waals surface area contributed by atoms with E-state index in [4.69, 9.17) is 5.73 Å². The van der Waals surface area contributed by atoms with Crippen LogP contribution >= 0.6 is 0 Å². The number of rotatable bonds is 3. The van der Waals surface area contributed by atoms with Crippen LogP contribution in [-0.4, -0.2) is 24.7 Å². The molecule has 0 amide bonds. The molecule has 0 aliphatic rings. The highest BCUT2D eigenvalue weighted by Crippen LogP contribution is 2.14. The van der Waals surface area contributed by atoms with Gasteiger partial charge in [-0.3, -0.25) is 4.68 Å². The quantitative estimate of drug-likeness (QED) is 0.681. The molecule has 0 aromatic carbocycles. The van der Waals surface area contributed by atoms with Crippen molar-refractivity contribution in [1.29, 1.82) is 0 Å². The molecule has 0 atom stereocenters. The van der Waals surface area contributed by atoms with E-state index in [0.29, 0.717) is 6.54 Å². The van der Waals surface area contributed by atoms with Crippen molar-refractivity contribution in [3.63, 3.8) is 0 Å². The molecule has 0 fully saturated rings. The first-order chi connectivity index (χ1) is 5.97. The van der Waals surface area contributed by atoms with Crippen molar-refractivity contribution in [1.82, 2.24) is 14.5 Å². The summed E-state index contributed by atoms with van der Waals surface area (Å²) < 4.78 is 26.5. The smallest absolute Gasteiger partial charge is 0.245 e. The molecule has 3 N–H and O–H groups in total. The third-order valence-corrected chi connectivity index (χ3v) is 3.01. The highest BCUT2D eigenvalue weighted by molar-refractivity contribution is 7.89. The summed E-state index contributed by atoms with van der Waals surface area (Å²) in [6, 6.07) is 0. The molecule has 0 spiro atoms. The number of aromatic nitrogens is 2. The zero-order valence-corrected chi connectivity index (χ0v) is 8.30. The Bertz CT molecular complexity index is 395. The van der Waals surface area contributed by atoms with E-state index in [0.717, 1.165) is 0 Å². The Hall–Kier alpha value is -1.08. The lowest BCUT2D eigenvalue weighted by Gasteiger charge is -2.00. The lowest BCUT2D eigenvalue weighted by Crippen LogP contribution is -2.23. The number of nitrogens with two attached hydrogens (primary N) is 1. The molecule has 0 saturated heterocycles. The second-order valence-corrected chi connectivity index (χ2v) is 4.29. The van der Waals surface area contributed by atoms with Gasteiger partial charge in [-0.2, -0.15) is 5.10 Å². The molecule has 13 heavy (non-hydrogen) atoms. The van der Waals surface area contributed by atoms with E-state index >= 15 is 0 Å². The average Bonchev–Trinajstić information content (AvgIpc) is 2.30. The monoisotopic (exact) mass is 204 g/mol. The van der Waals surface area contributed by atoms with Gasteiger partial charge < -0.3 is 5.73 Å². The highest BCUT2D eigenvalue weighted by Gasteiger charge is 2.18. The molecule has 1 rings (SSSR count). The van der Waals surface area contributed by atoms with Crippen LogP contribution in [0, 0.1) is 0 Å². The van der Waals surface area contributed by atoms with Gasteiger partial charge in [-0.05, 0) is 0 Å². The zero-order valence-electron chi connectivity index (χ0n) is 7.48. The van der Waals surface area contributed by atoms with Gasteiger partial charge in [-0.15, -0.1) is 0 Å². The first kappa shape index (κ1) is 10.0. The van der Waals surface area contributed by atoms with Crippen molar-refractivity contribution in [2.45, 2.75) is 11.8 Å². The topological polar surface area (TPSA) is 90.0 Å². The molecule has 0 aliphatic heterocycles. The molecule has 0 unspecified atom stereocenters. The summed E-state index contributed by atoms with van der Waals surface area (Å²) in [6.45, 7) is 2.03. The molecule has 1 heterocycles. The standard InChI is InChI=1S/C6H12N4O2S/c1-3-8-13(11,12)5-4-10(2)9-6(5)7/h4,8H,3H2,1-2H3,(H2,7,9). The van der Waals surface area contributed by atoms with Crippen LogP contribution in [0.3, 0.4) is 0 Å². The molecule has 1 aromatic heterocycles. The van der Waals surface area contributed by atoms with E-state index < -0.39 is 10.0 Å². The maximum atomic E-state index is 11.4. The summed E-state index contributed by atoms with van der Waals surface area (Å²) in [7, 11) is -1.87. The Labute approximate surface area is 76.8 Å². The molecule has 0 aliphatic carbocycles. The summed E-state index contributed by atoms with van der Waals surface area (Å²) in [5.41, 5.74) is 5.41. The minimum absolute atomic E-state index is 0.0171. The Morgan fingerprint density at radius 3 is 2.69 bits per heavy atom. The predicted molar refractivity (Wildman–Crippen MR) is 48.5 cm³/mol. The molecular weight excluding hydrogens is 192 g/mol. The predicted octanol–water partition coefficient (Wildman–Crippen LogP) is -0.700. The number of nitrogens with zero attached hydrogens (tertiary/aromatic N) is 2. The summed E-state index contributed by atoms with van der Waals surface area (Å²) in [5.74, 6) is 0.0171. The molecule has 0 saturated carbocycles. The van der Waals surface area contributed by atoms with E-state index in [2.05, 4.69) is 9.82 Å². The first-order valence-electron chi connectivity index (χ1n) is 3.76. The number of anilines is 1. The van der Waals surface area contributed by atoms with Crippen molar-refractivity contribution >= 4 is 15.8 Å². The Kier molecular flexibility index (Phi) is 2.58. The van der Waals surface area contributed by atoms with Crippen LogP contribution in [0.1, 0.15) is 6.92 Å². The number of sulfonamides is 1. The molecule has 6 nitrogen and oxygen atoms in total. The Morgan fingerprint density at radius 1 is 1.69 bits per heavy atom. The second kappa shape index (κ2) is 3.35. The van der Waals surface area contributed by atoms with Gasteiger partial charge in [0.2, 0.25) is 10.0 Å². The molecule has 7 heteroatoms. The van der Waals surface area contributed by atoms with Crippen LogP contribution in [0.25, 0.3) is 0 Å². The van der Waals surface area contributed by atoms with Gasteiger partial charge in [0.15, 0.2) is 5.82 Å². The number of nitrogens with one attached hydrogen (secondary N) is 1. The number of hydrogen-bond donors (Lipinski definition) is 2. The summed E-state index contributed by atoms with van der Waals surface area (Å²) in [6.07, 6.45) is 1.37. The number of aryl methyl sites for hydroxylation is 1. The fourth-order valence-electron chi connectivity index (χ4n) is 0.959. The van der Waals surface area contributed by atoms with Crippen molar-refractivity contribution < 1.29 is 8.42 Å². The van der Waals surface area contributed by atoms with Gasteiger partial charge in [-0.25, -0.2) is 13.1 Å². The molecule has 0 radical (unpaired) electrons. The van der Waals surface area contributed by atoms with E-state index in [1.165, 1.54) is 10.9 Å². The van der Waals surface area contributed by atoms with Gasteiger partial charge >= 0.3 is 0 Å². The molecule has 1 aromatic rings. The van der Waals surface area contributed by atoms with Crippen LogP contribution in [0.15, 0.2) is 11.1 Å². The minimum atomic E-state index is -3.48. The third-order valence-electron chi connectivity index (χ3n) is 1.45. The van der Waals surface area contributed by atoms with Crippen LogP contribution in [0.5, 0.6) is 0 Å². The van der Waals surface area contributed by atoms with Crippen molar-refractivity contribution in [3.8, 4) is 0 Å². The first-order valence-corrected chi connectivity index (χ1v) is 5.24. The van der Waals surface area contributed by atoms with Crippen LogP contribution in [-0.2, 0) is 17.1 Å². The van der Waals surface area contributed by atoms with Gasteiger partial charge in [0, 0.05) is 19.8 Å². The fraction of sp³-hybridized carbons (Fsp3) is 0.500. The maximum Gasteiger partial charge on any atom is 0.245 e. The highest BCUT2D eigenvalue weighted by atomic mass is 32.2. The van der Waals surface area contributed by atoms with Crippen molar-refractivity contribution in [2.75, 3.05) is 12.3 Å². The second-order valence-electron chi connectivity index (χ2n) is 2.55. The third kappa shape index (κ3) is 1.99. The van der Waals surface area contributed by atoms with Crippen LogP contribution in [0.2, 0.25) is 0 Å². The lowest BCUT2D eigenvalue weighted by molar-refractivity contribution is 0.584. The minimum Gasteiger partial charge on any atom is -0.381 e. The lowest BCUT2D eigenvalue weighted by atomic mass is 10.7. The van der Waals surface area contributed by atoms with E-state index in [1.807, 2.05) is 0 Å². The molecular formula is C6H12N4O2S. The van der Waals surface area contributed by atoms with E-state index in [1.54, 1.807) is 14.0 Å². The normalized spacial score (nSPS) is 11.8. The largest absolute Gasteiger partial charge is 0.381 e. The number of nitrogen functional groups attached to an aromatic ring is 1. The average molecular weight is 204 g/mol. The van der Waals surface area contributed by atoms with Gasteiger partial charge in [0.1, 0.15) is 4.90 Å². The summed E-state index contributed by atoms with van der Waals surface area (Å²) in [5, 5.41) is 3.73. The van der Waals surface area contributed by atoms with Crippen molar-refractivity contribution in [2.24, 2.45) is 7.05 Å². The zero-order chi connectivity index (χ0) is 10.1. The summed E-state index contributed by atoms with van der Waals surface area (Å²) in [4.78, 5) is 0.0249. The maximum absolute atomic E-state index is 11.4. The SMILES string of the molecule is CCNS(=O)(=O)c1cn(C)nc1N. The Morgan fingerprint density at radius 2 is 2.31 bits per heavy atom. The molecule has 0 bridgehead atoms. The van der Waals surface area contributed by atoms with Crippen molar-refractivity contribution in [3.05, 3.63) is 6.20 Å². The van der Waals surface area contributed by atoms with Gasteiger partial charge in [0.05, 0.1) is 0 Å². The van der Waals surface area contributed by atoms with Gasteiger partial charge in [0.25, 0.3) is 0 Å². The fourth-order valence-corrected chi connectivity index (χ4v) is 2.10. The van der Waals surface area contributed by atoms with E-state index in [9.17, 15) is 8.42 Å². The van der Waals surface area contributed by atoms with Gasteiger partial charge in [-0.1, -0.05) is 6.92 Å². The van der Waals surface area contributed by atoms with Crippen LogP contribution < -0.4 is 10.5 Å². The Balaban J connectivity index is 3.14.